The number of halogens is 1. The topological polar surface area (TPSA) is 21.3 Å². The molecule has 0 spiro atoms. The van der Waals surface area contributed by atoms with E-state index in [9.17, 15) is 4.39 Å². The van der Waals surface area contributed by atoms with Crippen LogP contribution < -0.4 is 10.1 Å². The van der Waals surface area contributed by atoms with Crippen LogP contribution in [0.15, 0.2) is 42.5 Å². The SMILES string of the molecule is Cc1ccccc1Oc1ccc(CNC(C)C)cc1F. The van der Waals surface area contributed by atoms with Gasteiger partial charge in [-0.2, -0.15) is 0 Å². The Kier molecular flexibility index (Phi) is 4.74. The Balaban J connectivity index is 2.12. The predicted octanol–water partition coefficient (Wildman–Crippen LogP) is 4.42. The molecule has 20 heavy (non-hydrogen) atoms. The highest BCUT2D eigenvalue weighted by Crippen LogP contribution is 2.27. The molecule has 1 N–H and O–H groups in total. The van der Waals surface area contributed by atoms with Crippen molar-refractivity contribution in [3.63, 3.8) is 0 Å². The summed E-state index contributed by atoms with van der Waals surface area (Å²) < 4.78 is 19.7. The zero-order valence-electron chi connectivity index (χ0n) is 12.1. The largest absolute Gasteiger partial charge is 0.454 e. The number of nitrogens with one attached hydrogen (secondary N) is 1. The molecule has 0 amide bonds. The summed E-state index contributed by atoms with van der Waals surface area (Å²) in [6.45, 7) is 6.71. The van der Waals surface area contributed by atoms with Gasteiger partial charge in [-0.1, -0.05) is 38.1 Å². The van der Waals surface area contributed by atoms with Crippen LogP contribution in [0.25, 0.3) is 0 Å². The van der Waals surface area contributed by atoms with Gasteiger partial charge in [-0.05, 0) is 36.2 Å². The third-order valence-corrected chi connectivity index (χ3v) is 3.02. The lowest BCUT2D eigenvalue weighted by Crippen LogP contribution is -2.21. The number of rotatable bonds is 5. The molecule has 0 atom stereocenters. The fourth-order valence-corrected chi connectivity index (χ4v) is 1.85. The summed E-state index contributed by atoms with van der Waals surface area (Å²) in [5.41, 5.74) is 1.89. The second-order valence-electron chi connectivity index (χ2n) is 5.17. The third-order valence-electron chi connectivity index (χ3n) is 3.02. The molecule has 0 aliphatic rings. The molecule has 0 aliphatic carbocycles. The fraction of sp³-hybridized carbons (Fsp3) is 0.294. The molecule has 0 radical (unpaired) electrons. The van der Waals surface area contributed by atoms with Crippen molar-refractivity contribution >= 4 is 0 Å². The molecule has 0 aromatic heterocycles. The van der Waals surface area contributed by atoms with Crippen molar-refractivity contribution in [2.75, 3.05) is 0 Å². The number of hydrogen-bond donors (Lipinski definition) is 1. The Morgan fingerprint density at radius 3 is 2.50 bits per heavy atom. The van der Waals surface area contributed by atoms with Gasteiger partial charge in [0.1, 0.15) is 5.75 Å². The molecular weight excluding hydrogens is 253 g/mol. The average molecular weight is 273 g/mol. The lowest BCUT2D eigenvalue weighted by Gasteiger charge is -2.11. The molecule has 2 rings (SSSR count). The van der Waals surface area contributed by atoms with E-state index in [1.54, 1.807) is 6.07 Å². The normalized spacial score (nSPS) is 10.8. The van der Waals surface area contributed by atoms with Gasteiger partial charge in [-0.3, -0.25) is 0 Å². The van der Waals surface area contributed by atoms with Gasteiger partial charge in [0, 0.05) is 12.6 Å². The van der Waals surface area contributed by atoms with E-state index in [0.717, 1.165) is 11.1 Å². The van der Waals surface area contributed by atoms with Crippen LogP contribution in [0, 0.1) is 12.7 Å². The van der Waals surface area contributed by atoms with Gasteiger partial charge in [0.05, 0.1) is 0 Å². The summed E-state index contributed by atoms with van der Waals surface area (Å²) in [6, 6.07) is 13.0. The average Bonchev–Trinajstić information content (AvgIpc) is 2.41. The van der Waals surface area contributed by atoms with Gasteiger partial charge in [0.25, 0.3) is 0 Å². The Morgan fingerprint density at radius 1 is 1.10 bits per heavy atom. The molecule has 106 valence electrons. The summed E-state index contributed by atoms with van der Waals surface area (Å²) in [5, 5.41) is 3.26. The maximum atomic E-state index is 14.0. The minimum atomic E-state index is -0.337. The summed E-state index contributed by atoms with van der Waals surface area (Å²) in [4.78, 5) is 0. The van der Waals surface area contributed by atoms with Crippen LogP contribution in [0.4, 0.5) is 4.39 Å². The van der Waals surface area contributed by atoms with E-state index in [4.69, 9.17) is 4.74 Å². The van der Waals surface area contributed by atoms with Gasteiger partial charge in [0.2, 0.25) is 0 Å². The van der Waals surface area contributed by atoms with Gasteiger partial charge in [-0.25, -0.2) is 4.39 Å². The molecule has 3 heteroatoms. The molecule has 0 saturated carbocycles. The summed E-state index contributed by atoms with van der Waals surface area (Å²) in [5.74, 6) is 0.600. The first-order valence-electron chi connectivity index (χ1n) is 6.81. The van der Waals surface area contributed by atoms with Crippen molar-refractivity contribution in [3.8, 4) is 11.5 Å². The molecule has 2 aromatic carbocycles. The smallest absolute Gasteiger partial charge is 0.166 e. The standard InChI is InChI=1S/C17H20FNO/c1-12(2)19-11-14-8-9-17(15(18)10-14)20-16-7-5-4-6-13(16)3/h4-10,12,19H,11H2,1-3H3. The van der Waals surface area contributed by atoms with E-state index in [0.29, 0.717) is 18.3 Å². The highest BCUT2D eigenvalue weighted by atomic mass is 19.1. The van der Waals surface area contributed by atoms with Crippen LogP contribution in [-0.2, 0) is 6.54 Å². The Labute approximate surface area is 119 Å². The van der Waals surface area contributed by atoms with Crippen LogP contribution in [-0.4, -0.2) is 6.04 Å². The lowest BCUT2D eigenvalue weighted by atomic mass is 10.2. The van der Waals surface area contributed by atoms with Crippen molar-refractivity contribution in [2.45, 2.75) is 33.4 Å². The van der Waals surface area contributed by atoms with E-state index in [1.807, 2.05) is 37.3 Å². The van der Waals surface area contributed by atoms with Crippen molar-refractivity contribution in [1.29, 1.82) is 0 Å². The van der Waals surface area contributed by atoms with Gasteiger partial charge < -0.3 is 10.1 Å². The molecule has 2 nitrogen and oxygen atoms in total. The van der Waals surface area contributed by atoms with E-state index in [2.05, 4.69) is 19.2 Å². The van der Waals surface area contributed by atoms with Crippen molar-refractivity contribution < 1.29 is 9.13 Å². The first-order valence-corrected chi connectivity index (χ1v) is 6.81. The summed E-state index contributed by atoms with van der Waals surface area (Å²) in [7, 11) is 0. The van der Waals surface area contributed by atoms with E-state index in [-0.39, 0.29) is 11.6 Å². The number of aryl methyl sites for hydroxylation is 1. The molecule has 0 heterocycles. The zero-order valence-corrected chi connectivity index (χ0v) is 12.1. The molecule has 0 unspecified atom stereocenters. The summed E-state index contributed by atoms with van der Waals surface area (Å²) >= 11 is 0. The Hall–Kier alpha value is -1.87. The zero-order chi connectivity index (χ0) is 14.5. The molecule has 0 fully saturated rings. The van der Waals surface area contributed by atoms with Crippen LogP contribution in [0.2, 0.25) is 0 Å². The fourth-order valence-electron chi connectivity index (χ4n) is 1.85. The van der Waals surface area contributed by atoms with Gasteiger partial charge >= 0.3 is 0 Å². The van der Waals surface area contributed by atoms with E-state index >= 15 is 0 Å². The van der Waals surface area contributed by atoms with Crippen molar-refractivity contribution in [1.82, 2.24) is 5.32 Å². The maximum absolute atomic E-state index is 14.0. The van der Waals surface area contributed by atoms with E-state index < -0.39 is 0 Å². The monoisotopic (exact) mass is 273 g/mol. The van der Waals surface area contributed by atoms with Gasteiger partial charge in [0.15, 0.2) is 11.6 Å². The molecule has 0 bridgehead atoms. The second kappa shape index (κ2) is 6.53. The first kappa shape index (κ1) is 14.5. The quantitative estimate of drug-likeness (QED) is 0.870. The minimum absolute atomic E-state index is 0.257. The Morgan fingerprint density at radius 2 is 1.85 bits per heavy atom. The number of hydrogen-bond acceptors (Lipinski definition) is 2. The maximum Gasteiger partial charge on any atom is 0.166 e. The predicted molar refractivity (Wildman–Crippen MR) is 79.6 cm³/mol. The van der Waals surface area contributed by atoms with Crippen molar-refractivity contribution in [2.24, 2.45) is 0 Å². The molecule has 0 aliphatic heterocycles. The van der Waals surface area contributed by atoms with Crippen LogP contribution in [0.3, 0.4) is 0 Å². The van der Waals surface area contributed by atoms with Gasteiger partial charge in [-0.15, -0.1) is 0 Å². The van der Waals surface area contributed by atoms with Crippen LogP contribution in [0.1, 0.15) is 25.0 Å². The number of para-hydroxylation sites is 1. The molecule has 2 aromatic rings. The lowest BCUT2D eigenvalue weighted by molar-refractivity contribution is 0.438. The third kappa shape index (κ3) is 3.81. The van der Waals surface area contributed by atoms with Crippen LogP contribution >= 0.6 is 0 Å². The second-order valence-corrected chi connectivity index (χ2v) is 5.17. The number of benzene rings is 2. The highest BCUT2D eigenvalue weighted by Gasteiger charge is 2.07. The number of ether oxygens (including phenoxy) is 1. The van der Waals surface area contributed by atoms with E-state index in [1.165, 1.54) is 6.07 Å². The van der Waals surface area contributed by atoms with Crippen molar-refractivity contribution in [3.05, 3.63) is 59.4 Å². The summed E-state index contributed by atoms with van der Waals surface area (Å²) in [6.07, 6.45) is 0. The highest BCUT2D eigenvalue weighted by molar-refractivity contribution is 5.38. The minimum Gasteiger partial charge on any atom is -0.454 e. The molecular formula is C17H20FNO. The van der Waals surface area contributed by atoms with Crippen LogP contribution in [0.5, 0.6) is 11.5 Å². The first-order chi connectivity index (χ1) is 9.56. The molecule has 0 saturated heterocycles. The Bertz CT molecular complexity index is 581.